The quantitative estimate of drug-likeness (QED) is 0.694. The first-order chi connectivity index (χ1) is 11.7. The van der Waals surface area contributed by atoms with Gasteiger partial charge in [0.2, 0.25) is 15.9 Å². The highest BCUT2D eigenvalue weighted by Crippen LogP contribution is 2.32. The number of hydrogen-bond acceptors (Lipinski definition) is 3. The molecule has 1 aliphatic rings. The second kappa shape index (κ2) is 8.32. The molecule has 5 nitrogen and oxygen atoms in total. The zero-order valence-electron chi connectivity index (χ0n) is 15.7. The first-order valence-corrected chi connectivity index (χ1v) is 10.6. The number of hydrogen-bond donors (Lipinski definition) is 2. The van der Waals surface area contributed by atoms with Crippen molar-refractivity contribution in [2.75, 3.05) is 11.9 Å². The topological polar surface area (TPSA) is 75.3 Å². The average Bonchev–Trinajstić information content (AvgIpc) is 2.91. The van der Waals surface area contributed by atoms with Crippen LogP contribution in [0.1, 0.15) is 56.7 Å². The van der Waals surface area contributed by atoms with E-state index < -0.39 is 15.3 Å². The van der Waals surface area contributed by atoms with E-state index in [1.54, 1.807) is 13.8 Å². The summed E-state index contributed by atoms with van der Waals surface area (Å²) < 4.78 is 25.8. The summed E-state index contributed by atoms with van der Waals surface area (Å²) in [7, 11) is -3.21. The Balaban J connectivity index is 1.77. The summed E-state index contributed by atoms with van der Waals surface area (Å²) in [5.74, 6) is 0.662. The summed E-state index contributed by atoms with van der Waals surface area (Å²) in [4.78, 5) is 12.1. The van der Waals surface area contributed by atoms with Crippen LogP contribution in [0.2, 0.25) is 0 Å². The van der Waals surface area contributed by atoms with Gasteiger partial charge in [0.1, 0.15) is 0 Å². The minimum atomic E-state index is -3.21. The summed E-state index contributed by atoms with van der Waals surface area (Å²) in [6, 6.07) is 4.13. The second-order valence-electron chi connectivity index (χ2n) is 7.38. The summed E-state index contributed by atoms with van der Waals surface area (Å²) >= 11 is 0. The molecule has 140 valence electrons. The van der Waals surface area contributed by atoms with Crippen LogP contribution in [0.3, 0.4) is 0 Å². The number of rotatable bonds is 8. The van der Waals surface area contributed by atoms with Gasteiger partial charge in [0.15, 0.2) is 0 Å². The van der Waals surface area contributed by atoms with Crippen molar-refractivity contribution in [3.63, 3.8) is 0 Å². The van der Waals surface area contributed by atoms with Crippen LogP contribution in [0, 0.1) is 12.8 Å². The zero-order valence-corrected chi connectivity index (χ0v) is 16.5. The predicted octanol–water partition coefficient (Wildman–Crippen LogP) is 3.17. The van der Waals surface area contributed by atoms with Crippen molar-refractivity contribution in [3.8, 4) is 0 Å². The van der Waals surface area contributed by atoms with Crippen LogP contribution in [0.25, 0.3) is 0 Å². The van der Waals surface area contributed by atoms with Gasteiger partial charge in [-0.2, -0.15) is 0 Å². The molecule has 1 aromatic carbocycles. The number of carbonyl (C=O) groups excluding carboxylic acids is 1. The maximum atomic E-state index is 12.1. The molecule has 2 rings (SSSR count). The highest BCUT2D eigenvalue weighted by atomic mass is 32.2. The molecule has 0 radical (unpaired) electrons. The number of unbranched alkanes of at least 4 members (excludes halogenated alkanes) is 1. The molecule has 0 saturated heterocycles. The van der Waals surface area contributed by atoms with E-state index in [1.807, 2.05) is 6.07 Å². The van der Waals surface area contributed by atoms with Crippen molar-refractivity contribution < 1.29 is 13.2 Å². The Hall–Kier alpha value is -1.40. The van der Waals surface area contributed by atoms with Gasteiger partial charge in [-0.3, -0.25) is 4.79 Å². The van der Waals surface area contributed by atoms with Crippen molar-refractivity contribution in [1.82, 2.24) is 4.72 Å². The molecule has 1 aliphatic carbocycles. The first kappa shape index (κ1) is 19.9. The van der Waals surface area contributed by atoms with Gasteiger partial charge in [0.25, 0.3) is 0 Å². The van der Waals surface area contributed by atoms with Crippen LogP contribution in [-0.4, -0.2) is 26.1 Å². The molecule has 2 N–H and O–H groups in total. The first-order valence-electron chi connectivity index (χ1n) is 9.10. The monoisotopic (exact) mass is 366 g/mol. The van der Waals surface area contributed by atoms with Crippen molar-refractivity contribution >= 4 is 21.6 Å². The summed E-state index contributed by atoms with van der Waals surface area (Å²) in [5.41, 5.74) is 4.87. The largest absolute Gasteiger partial charge is 0.326 e. The van der Waals surface area contributed by atoms with Crippen LogP contribution in [0.15, 0.2) is 12.1 Å². The van der Waals surface area contributed by atoms with Crippen molar-refractivity contribution in [2.45, 2.75) is 65.0 Å². The summed E-state index contributed by atoms with van der Waals surface area (Å²) in [6.45, 7) is 8.01. The number of anilines is 1. The minimum absolute atomic E-state index is 0.0131. The number of amides is 1. The SMILES string of the molecule is Cc1c(NC(=O)CCCCNS(=O)(=O)C(C)C)ccc2c1CC(C)C2. The zero-order chi connectivity index (χ0) is 18.6. The molecule has 0 saturated carbocycles. The third kappa shape index (κ3) is 5.28. The van der Waals surface area contributed by atoms with Gasteiger partial charge in [0.05, 0.1) is 5.25 Å². The smallest absolute Gasteiger partial charge is 0.224 e. The van der Waals surface area contributed by atoms with Gasteiger partial charge in [-0.05, 0) is 75.1 Å². The number of nitrogens with one attached hydrogen (secondary N) is 2. The average molecular weight is 367 g/mol. The van der Waals surface area contributed by atoms with E-state index in [0.717, 1.165) is 18.5 Å². The van der Waals surface area contributed by atoms with E-state index in [-0.39, 0.29) is 5.91 Å². The lowest BCUT2D eigenvalue weighted by molar-refractivity contribution is -0.116. The highest BCUT2D eigenvalue weighted by molar-refractivity contribution is 7.90. The highest BCUT2D eigenvalue weighted by Gasteiger charge is 2.21. The molecule has 0 spiro atoms. The summed E-state index contributed by atoms with van der Waals surface area (Å²) in [6.07, 6.45) is 3.92. The fourth-order valence-electron chi connectivity index (χ4n) is 3.22. The molecule has 0 aromatic heterocycles. The Bertz CT molecular complexity index is 726. The van der Waals surface area contributed by atoms with Gasteiger partial charge in [-0.1, -0.05) is 13.0 Å². The molecule has 1 aromatic rings. The lowest BCUT2D eigenvalue weighted by atomic mass is 10.0. The Kier molecular flexibility index (Phi) is 6.63. The Morgan fingerprint density at radius 2 is 1.96 bits per heavy atom. The van der Waals surface area contributed by atoms with Gasteiger partial charge >= 0.3 is 0 Å². The van der Waals surface area contributed by atoms with Crippen molar-refractivity contribution in [2.24, 2.45) is 5.92 Å². The van der Waals surface area contributed by atoms with Gasteiger partial charge in [0, 0.05) is 18.7 Å². The van der Waals surface area contributed by atoms with E-state index in [0.29, 0.717) is 31.7 Å². The third-order valence-electron chi connectivity index (χ3n) is 4.84. The minimum Gasteiger partial charge on any atom is -0.326 e. The maximum Gasteiger partial charge on any atom is 0.224 e. The molecular formula is C19H30N2O3S. The fraction of sp³-hybridized carbons (Fsp3) is 0.632. The maximum absolute atomic E-state index is 12.1. The molecule has 25 heavy (non-hydrogen) atoms. The molecule has 1 amide bonds. The Morgan fingerprint density at radius 1 is 1.24 bits per heavy atom. The number of fused-ring (bicyclic) bond motifs is 1. The second-order valence-corrected chi connectivity index (χ2v) is 9.70. The number of sulfonamides is 1. The molecule has 0 bridgehead atoms. The predicted molar refractivity (Wildman–Crippen MR) is 102 cm³/mol. The van der Waals surface area contributed by atoms with Gasteiger partial charge in [-0.15, -0.1) is 0 Å². The van der Waals surface area contributed by atoms with E-state index in [2.05, 4.69) is 30.0 Å². The molecular weight excluding hydrogens is 336 g/mol. The van der Waals surface area contributed by atoms with Gasteiger partial charge in [-0.25, -0.2) is 13.1 Å². The lowest BCUT2D eigenvalue weighted by Gasteiger charge is -2.12. The fourth-order valence-corrected chi connectivity index (χ4v) is 3.99. The van der Waals surface area contributed by atoms with E-state index in [4.69, 9.17) is 0 Å². The third-order valence-corrected chi connectivity index (χ3v) is 6.69. The van der Waals surface area contributed by atoms with Crippen LogP contribution in [-0.2, 0) is 27.7 Å². The summed E-state index contributed by atoms with van der Waals surface area (Å²) in [5, 5.41) is 2.57. The normalized spacial score (nSPS) is 16.9. The molecule has 0 aliphatic heterocycles. The molecule has 6 heteroatoms. The molecule has 0 fully saturated rings. The molecule has 1 atom stereocenters. The Labute approximate surface area is 151 Å². The van der Waals surface area contributed by atoms with Crippen LogP contribution in [0.4, 0.5) is 5.69 Å². The van der Waals surface area contributed by atoms with Gasteiger partial charge < -0.3 is 5.32 Å². The van der Waals surface area contributed by atoms with Crippen LogP contribution >= 0.6 is 0 Å². The van der Waals surface area contributed by atoms with Crippen LogP contribution < -0.4 is 10.0 Å². The molecule has 1 unspecified atom stereocenters. The number of carbonyl (C=O) groups is 1. The lowest BCUT2D eigenvalue weighted by Crippen LogP contribution is -2.31. The van der Waals surface area contributed by atoms with E-state index in [9.17, 15) is 13.2 Å². The van der Waals surface area contributed by atoms with Crippen LogP contribution in [0.5, 0.6) is 0 Å². The van der Waals surface area contributed by atoms with E-state index in [1.165, 1.54) is 16.7 Å². The standard InChI is InChI=1S/C19H30N2O3S/c1-13(2)25(23,24)20-10-6-5-7-19(22)21-18-9-8-16-11-14(3)12-17(16)15(18)4/h8-9,13-14,20H,5-7,10-12H2,1-4H3,(H,21,22). The van der Waals surface area contributed by atoms with Crippen molar-refractivity contribution in [1.29, 1.82) is 0 Å². The van der Waals surface area contributed by atoms with E-state index >= 15 is 0 Å². The molecule has 0 heterocycles. The van der Waals surface area contributed by atoms with Crippen molar-refractivity contribution in [3.05, 3.63) is 28.8 Å². The number of benzene rings is 1. The Morgan fingerprint density at radius 3 is 2.64 bits per heavy atom.